The molecule has 180 valence electrons. The Balaban J connectivity index is -0.000000256. The van der Waals surface area contributed by atoms with Gasteiger partial charge in [0.2, 0.25) is 0 Å². The summed E-state index contributed by atoms with van der Waals surface area (Å²) in [7, 11) is 1.31. The number of hydrogen-bond donors (Lipinski definition) is 1. The average Bonchev–Trinajstić information content (AvgIpc) is 2.75. The van der Waals surface area contributed by atoms with Crippen LogP contribution in [0.5, 0.6) is 0 Å². The summed E-state index contributed by atoms with van der Waals surface area (Å²) in [6, 6.07) is 0. The van der Waals surface area contributed by atoms with Crippen LogP contribution in [0.1, 0.15) is 125 Å². The number of carbonyl (C=O) groups excluding carboxylic acids is 1. The molecule has 0 fully saturated rings. The predicted octanol–water partition coefficient (Wildman–Crippen LogP) is 7.86. The molecule has 0 bridgehead atoms. The predicted molar refractivity (Wildman–Crippen MR) is 136 cm³/mol. The fourth-order valence-electron chi connectivity index (χ4n) is 3.14. The molecule has 0 aromatic heterocycles. The molecule has 0 unspecified atom stereocenters. The van der Waals surface area contributed by atoms with Gasteiger partial charge in [0.1, 0.15) is 0 Å². The number of carbonyl (C=O) groups is 2. The molecule has 4 nitrogen and oxygen atoms in total. The first-order chi connectivity index (χ1) is 14.6. The number of hydrogen-bond acceptors (Lipinski definition) is 3. The van der Waals surface area contributed by atoms with E-state index < -0.39 is 11.9 Å². The van der Waals surface area contributed by atoms with Gasteiger partial charge in [0.05, 0.1) is 7.11 Å². The maximum Gasteiger partial charge on any atom is 2.00 e. The first kappa shape index (κ1) is 34.8. The van der Waals surface area contributed by atoms with Crippen molar-refractivity contribution in [3.05, 3.63) is 24.8 Å². The fourth-order valence-corrected chi connectivity index (χ4v) is 3.14. The summed E-state index contributed by atoms with van der Waals surface area (Å²) in [5.41, 5.74) is 0. The molecule has 31 heavy (non-hydrogen) atoms. The van der Waals surface area contributed by atoms with Gasteiger partial charge in [-0.3, -0.25) is 4.79 Å². The number of unbranched alkanes of at least 4 members (excludes halogenated alkanes) is 15. The second-order valence-corrected chi connectivity index (χ2v) is 7.87. The van der Waals surface area contributed by atoms with Gasteiger partial charge in [0, 0.05) is 12.5 Å². The largest absolute Gasteiger partial charge is 2.00 e. The number of allylic oxidation sites excluding steroid dienone is 2. The smallest absolute Gasteiger partial charge is 1.00 e. The van der Waals surface area contributed by atoms with Crippen molar-refractivity contribution in [2.75, 3.05) is 7.11 Å². The van der Waals surface area contributed by atoms with Gasteiger partial charge < -0.3 is 12.7 Å². The molecular formula is C26H50MgO4. The third-order valence-electron chi connectivity index (χ3n) is 5.02. The Morgan fingerprint density at radius 3 is 1.48 bits per heavy atom. The van der Waals surface area contributed by atoms with E-state index in [1.165, 1.54) is 103 Å². The Morgan fingerprint density at radius 1 is 0.774 bits per heavy atom. The Morgan fingerprint density at radius 2 is 1.16 bits per heavy atom. The van der Waals surface area contributed by atoms with Crippen LogP contribution in [-0.4, -0.2) is 47.2 Å². The summed E-state index contributed by atoms with van der Waals surface area (Å²) in [4.78, 5) is 20.2. The van der Waals surface area contributed by atoms with E-state index >= 15 is 0 Å². The zero-order valence-electron chi connectivity index (χ0n) is 22.5. The van der Waals surface area contributed by atoms with Gasteiger partial charge in [0.15, 0.2) is 0 Å². The molecule has 0 aromatic rings. The first-order valence-electron chi connectivity index (χ1n) is 12.2. The zero-order valence-corrected chi connectivity index (χ0v) is 22.0. The van der Waals surface area contributed by atoms with Gasteiger partial charge in [-0.05, 0) is 32.1 Å². The van der Waals surface area contributed by atoms with Crippen molar-refractivity contribution in [2.24, 2.45) is 0 Å². The molecule has 0 radical (unpaired) electrons. The van der Waals surface area contributed by atoms with Crippen molar-refractivity contribution in [2.45, 2.75) is 122 Å². The summed E-state index contributed by atoms with van der Waals surface area (Å²) < 4.78 is 4.14. The zero-order chi connectivity index (χ0) is 22.7. The van der Waals surface area contributed by atoms with E-state index in [0.717, 1.165) is 18.9 Å². The molecule has 0 spiro atoms. The topological polar surface area (TPSA) is 63.6 Å². The van der Waals surface area contributed by atoms with Crippen molar-refractivity contribution in [3.8, 4) is 0 Å². The Hall–Kier alpha value is -0.814. The Labute approximate surface area is 211 Å². The maximum atomic E-state index is 10.4. The standard InChI is InChI=1S/C22H42O2.C4H6O2.Mg.2H/c1-2-3-4-5-6-7-8-9-10-11-12-13-14-15-16-17-18-19-20-21-22(23)24;1-3-4(5)6-2;;;/h9-10H,2-8,11-21H2,1H3,(H,23,24);3H,1H2,2H3;;;/q;;+2;2*-1/b10-9-;;;;. The third-order valence-corrected chi connectivity index (χ3v) is 5.02. The van der Waals surface area contributed by atoms with Crippen molar-refractivity contribution >= 4 is 35.0 Å². The molecule has 0 heterocycles. The number of esters is 1. The van der Waals surface area contributed by atoms with Gasteiger partial charge in [-0.15, -0.1) is 0 Å². The van der Waals surface area contributed by atoms with Crippen LogP contribution < -0.4 is 0 Å². The molecule has 0 amide bonds. The van der Waals surface area contributed by atoms with E-state index in [0.29, 0.717) is 6.42 Å². The monoisotopic (exact) mass is 450 g/mol. The van der Waals surface area contributed by atoms with E-state index in [4.69, 9.17) is 5.11 Å². The first-order valence-corrected chi connectivity index (χ1v) is 12.2. The SMILES string of the molecule is C=CC(=O)OC.CCCCCCCC/C=C\CCCCCCCCCCCC(=O)O.[H-].[H-].[Mg+2]. The number of ether oxygens (including phenoxy) is 1. The molecule has 0 atom stereocenters. The van der Waals surface area contributed by atoms with E-state index in [9.17, 15) is 9.59 Å². The van der Waals surface area contributed by atoms with Crippen LogP contribution in [0.4, 0.5) is 0 Å². The Bertz CT molecular complexity index is 433. The number of aliphatic carboxylic acids is 1. The van der Waals surface area contributed by atoms with Gasteiger partial charge in [-0.25, -0.2) is 4.79 Å². The summed E-state index contributed by atoms with van der Waals surface area (Å²) in [5.74, 6) is -1.05. The minimum Gasteiger partial charge on any atom is -1.00 e. The number of carboxylic acids is 1. The van der Waals surface area contributed by atoms with Gasteiger partial charge in [-0.1, -0.05) is 103 Å². The van der Waals surface area contributed by atoms with Crippen LogP contribution in [0.2, 0.25) is 0 Å². The normalized spacial score (nSPS) is 10.1. The molecule has 0 rings (SSSR count). The van der Waals surface area contributed by atoms with Crippen molar-refractivity contribution in [1.82, 2.24) is 0 Å². The van der Waals surface area contributed by atoms with Crippen LogP contribution in [-0.2, 0) is 14.3 Å². The second-order valence-electron chi connectivity index (χ2n) is 7.87. The van der Waals surface area contributed by atoms with Crippen LogP contribution in [0.3, 0.4) is 0 Å². The molecule has 5 heteroatoms. The number of carboxylic acid groups (broad SMARTS) is 1. The van der Waals surface area contributed by atoms with Crippen molar-refractivity contribution in [1.29, 1.82) is 0 Å². The molecule has 0 aromatic carbocycles. The van der Waals surface area contributed by atoms with Crippen LogP contribution in [0, 0.1) is 0 Å². The molecule has 0 aliphatic carbocycles. The Kier molecular flexibility index (Phi) is 35.2. The summed E-state index contributed by atoms with van der Waals surface area (Å²) in [5, 5.41) is 8.55. The third kappa shape index (κ3) is 36.9. The average molecular weight is 451 g/mol. The van der Waals surface area contributed by atoms with Gasteiger partial charge in [-0.2, -0.15) is 0 Å². The molecule has 0 aliphatic rings. The minimum absolute atomic E-state index is 0. The molecule has 0 saturated heterocycles. The van der Waals surface area contributed by atoms with Crippen molar-refractivity contribution in [3.63, 3.8) is 0 Å². The molecular weight excluding hydrogens is 401 g/mol. The van der Waals surface area contributed by atoms with Crippen molar-refractivity contribution < 1.29 is 22.3 Å². The van der Waals surface area contributed by atoms with Crippen LogP contribution in [0.15, 0.2) is 24.8 Å². The van der Waals surface area contributed by atoms with Crippen LogP contribution >= 0.6 is 0 Å². The van der Waals surface area contributed by atoms with E-state index in [-0.39, 0.29) is 25.9 Å². The summed E-state index contributed by atoms with van der Waals surface area (Å²) in [6.07, 6.45) is 28.2. The maximum absolute atomic E-state index is 10.4. The quantitative estimate of drug-likeness (QED) is 0.0673. The van der Waals surface area contributed by atoms with Gasteiger partial charge in [0.25, 0.3) is 0 Å². The van der Waals surface area contributed by atoms with Gasteiger partial charge >= 0.3 is 35.0 Å². The number of methoxy groups -OCH3 is 1. The second kappa shape index (κ2) is 31.4. The summed E-state index contributed by atoms with van der Waals surface area (Å²) in [6.45, 7) is 5.43. The van der Waals surface area contributed by atoms with E-state index in [1.54, 1.807) is 0 Å². The fraction of sp³-hybridized carbons (Fsp3) is 0.769. The summed E-state index contributed by atoms with van der Waals surface area (Å²) >= 11 is 0. The molecule has 1 N–H and O–H groups in total. The number of rotatable bonds is 20. The minimum atomic E-state index is -0.656. The van der Waals surface area contributed by atoms with Crippen LogP contribution in [0.25, 0.3) is 0 Å². The van der Waals surface area contributed by atoms with E-state index in [1.807, 2.05) is 0 Å². The molecule has 0 aliphatic heterocycles. The molecule has 0 saturated carbocycles. The van der Waals surface area contributed by atoms with E-state index in [2.05, 4.69) is 30.4 Å².